The maximum Gasteiger partial charge on any atom is 0.129 e. The summed E-state index contributed by atoms with van der Waals surface area (Å²) in [5.74, 6) is 0.245. The Kier molecular flexibility index (Phi) is 9.94. The summed E-state index contributed by atoms with van der Waals surface area (Å²) >= 11 is 0. The third-order valence-electron chi connectivity index (χ3n) is 3.70. The first kappa shape index (κ1) is 21.9. The van der Waals surface area contributed by atoms with E-state index in [1.54, 1.807) is 13.2 Å². The fourth-order valence-corrected chi connectivity index (χ4v) is 2.47. The van der Waals surface area contributed by atoms with Crippen molar-refractivity contribution in [3.8, 4) is 16.9 Å². The summed E-state index contributed by atoms with van der Waals surface area (Å²) in [4.78, 5) is 8.00. The van der Waals surface area contributed by atoms with Crippen LogP contribution < -0.4 is 10.1 Å². The van der Waals surface area contributed by atoms with E-state index in [0.717, 1.165) is 23.4 Å². The van der Waals surface area contributed by atoms with Crippen molar-refractivity contribution in [1.29, 1.82) is 0 Å². The molecule has 3 aromatic carbocycles. The molecule has 0 saturated heterocycles. The number of para-hydroxylation sites is 1. The number of benzene rings is 3. The van der Waals surface area contributed by atoms with Crippen LogP contribution in [0.1, 0.15) is 19.4 Å². The first-order chi connectivity index (χ1) is 13.3. The Bertz CT molecular complexity index is 789. The Morgan fingerprint density at radius 3 is 2.15 bits per heavy atom. The second-order valence-corrected chi connectivity index (χ2v) is 5.26. The average Bonchev–Trinajstić information content (AvgIpc) is 2.76. The molecule has 1 N–H and O–H groups in total. The van der Waals surface area contributed by atoms with Gasteiger partial charge in [0.05, 0.1) is 7.11 Å². The molecule has 3 rings (SSSR count). The van der Waals surface area contributed by atoms with Crippen LogP contribution in [-0.4, -0.2) is 13.9 Å². The minimum absolute atomic E-state index is 0.297. The maximum absolute atomic E-state index is 13.3. The Hall–Kier alpha value is -3.14. The van der Waals surface area contributed by atoms with Crippen molar-refractivity contribution < 1.29 is 13.9 Å². The Balaban J connectivity index is 0.000000855. The first-order valence-corrected chi connectivity index (χ1v) is 8.77. The third kappa shape index (κ3) is 6.59. The fourth-order valence-electron chi connectivity index (χ4n) is 2.47. The molecule has 0 aliphatic heterocycles. The summed E-state index contributed by atoms with van der Waals surface area (Å²) in [5, 5.41) is 3.38. The second kappa shape index (κ2) is 12.3. The lowest BCUT2D eigenvalue weighted by Gasteiger charge is -2.10. The zero-order valence-electron chi connectivity index (χ0n) is 16.0. The number of rotatable bonds is 5. The van der Waals surface area contributed by atoms with E-state index < -0.39 is 0 Å². The molecule has 0 aromatic heterocycles. The number of hydrogen-bond acceptors (Lipinski definition) is 3. The SMILES string of the molecule is C=O.CC.COc1cc(F)ccc1-c1ccc(CNc2ccccc2)cc1. The molecule has 3 nitrogen and oxygen atoms in total. The quantitative estimate of drug-likeness (QED) is 0.605. The van der Waals surface area contributed by atoms with Gasteiger partial charge in [-0.3, -0.25) is 0 Å². The zero-order valence-corrected chi connectivity index (χ0v) is 16.0. The average molecular weight is 367 g/mol. The van der Waals surface area contributed by atoms with Crippen molar-refractivity contribution >= 4 is 12.5 Å². The van der Waals surface area contributed by atoms with E-state index in [1.165, 1.54) is 17.7 Å². The van der Waals surface area contributed by atoms with Crippen molar-refractivity contribution in [1.82, 2.24) is 0 Å². The molecule has 142 valence electrons. The minimum Gasteiger partial charge on any atom is -0.496 e. The summed E-state index contributed by atoms with van der Waals surface area (Å²) in [6, 6.07) is 22.9. The molecule has 3 aromatic rings. The van der Waals surface area contributed by atoms with Crippen molar-refractivity contribution in [3.05, 3.63) is 84.2 Å². The number of carbonyl (C=O) groups is 1. The normalized spacial score (nSPS) is 9.19. The number of halogens is 1. The molecule has 0 fully saturated rings. The topological polar surface area (TPSA) is 38.3 Å². The predicted octanol–water partition coefficient (Wildman–Crippen LogP) is 5.95. The Morgan fingerprint density at radius 1 is 0.926 bits per heavy atom. The summed E-state index contributed by atoms with van der Waals surface area (Å²) in [6.07, 6.45) is 0. The number of methoxy groups -OCH3 is 1. The molecule has 0 bridgehead atoms. The summed E-state index contributed by atoms with van der Waals surface area (Å²) in [7, 11) is 1.55. The maximum atomic E-state index is 13.3. The van der Waals surface area contributed by atoms with Crippen LogP contribution in [0.5, 0.6) is 5.75 Å². The van der Waals surface area contributed by atoms with Gasteiger partial charge < -0.3 is 14.8 Å². The highest BCUT2D eigenvalue weighted by atomic mass is 19.1. The fraction of sp³-hybridized carbons (Fsp3) is 0.174. The Morgan fingerprint density at radius 2 is 1.56 bits per heavy atom. The van der Waals surface area contributed by atoms with Crippen molar-refractivity contribution in [2.45, 2.75) is 20.4 Å². The van der Waals surface area contributed by atoms with Crippen LogP contribution in [0.4, 0.5) is 10.1 Å². The van der Waals surface area contributed by atoms with Crippen LogP contribution in [-0.2, 0) is 11.3 Å². The molecule has 0 atom stereocenters. The van der Waals surface area contributed by atoms with Crippen LogP contribution in [0, 0.1) is 5.82 Å². The van der Waals surface area contributed by atoms with Gasteiger partial charge in [-0.1, -0.05) is 56.3 Å². The monoisotopic (exact) mass is 367 g/mol. The van der Waals surface area contributed by atoms with Crippen molar-refractivity contribution in [2.75, 3.05) is 12.4 Å². The number of ether oxygens (including phenoxy) is 1. The van der Waals surface area contributed by atoms with E-state index in [9.17, 15) is 4.39 Å². The third-order valence-corrected chi connectivity index (χ3v) is 3.70. The highest BCUT2D eigenvalue weighted by molar-refractivity contribution is 5.70. The molecule has 0 radical (unpaired) electrons. The van der Waals surface area contributed by atoms with Gasteiger partial charge in [0.25, 0.3) is 0 Å². The molecule has 0 heterocycles. The molecule has 4 heteroatoms. The molecule has 0 aliphatic rings. The molecule has 0 amide bonds. The van der Waals surface area contributed by atoms with E-state index >= 15 is 0 Å². The van der Waals surface area contributed by atoms with Gasteiger partial charge in [0, 0.05) is 23.9 Å². The van der Waals surface area contributed by atoms with Crippen LogP contribution in [0.15, 0.2) is 72.8 Å². The van der Waals surface area contributed by atoms with Gasteiger partial charge in [0.15, 0.2) is 0 Å². The Labute approximate surface area is 160 Å². The van der Waals surface area contributed by atoms with E-state index in [1.807, 2.05) is 63.1 Å². The summed E-state index contributed by atoms with van der Waals surface area (Å²) < 4.78 is 18.6. The minimum atomic E-state index is -0.297. The highest BCUT2D eigenvalue weighted by Gasteiger charge is 2.07. The van der Waals surface area contributed by atoms with Gasteiger partial charge >= 0.3 is 0 Å². The lowest BCUT2D eigenvalue weighted by atomic mass is 10.0. The van der Waals surface area contributed by atoms with Gasteiger partial charge in [0.1, 0.15) is 18.4 Å². The van der Waals surface area contributed by atoms with Gasteiger partial charge in [-0.05, 0) is 35.4 Å². The van der Waals surface area contributed by atoms with Crippen LogP contribution in [0.3, 0.4) is 0 Å². The lowest BCUT2D eigenvalue weighted by molar-refractivity contribution is -0.0979. The van der Waals surface area contributed by atoms with Gasteiger partial charge in [-0.15, -0.1) is 0 Å². The molecule has 0 unspecified atom stereocenters. The van der Waals surface area contributed by atoms with Gasteiger partial charge in [-0.25, -0.2) is 4.39 Å². The molecular weight excluding hydrogens is 341 g/mol. The van der Waals surface area contributed by atoms with Gasteiger partial charge in [-0.2, -0.15) is 0 Å². The molecule has 27 heavy (non-hydrogen) atoms. The summed E-state index contributed by atoms with van der Waals surface area (Å²) in [6.45, 7) is 6.75. The highest BCUT2D eigenvalue weighted by Crippen LogP contribution is 2.30. The predicted molar refractivity (Wildman–Crippen MR) is 111 cm³/mol. The van der Waals surface area contributed by atoms with E-state index in [0.29, 0.717) is 5.75 Å². The zero-order chi connectivity index (χ0) is 20.1. The first-order valence-electron chi connectivity index (χ1n) is 8.77. The van der Waals surface area contributed by atoms with E-state index in [2.05, 4.69) is 17.4 Å². The van der Waals surface area contributed by atoms with Gasteiger partial charge in [0.2, 0.25) is 0 Å². The standard InChI is InChI=1S/C20H18FNO.C2H6.CH2O/c1-23-20-13-17(21)11-12-19(20)16-9-7-15(8-10-16)14-22-18-5-3-2-4-6-18;2*1-2/h2-13,22H,14H2,1H3;1-2H3;1H2. The smallest absolute Gasteiger partial charge is 0.129 e. The molecule has 0 saturated carbocycles. The number of carbonyl (C=O) groups excluding carboxylic acids is 1. The molecule has 0 spiro atoms. The summed E-state index contributed by atoms with van der Waals surface area (Å²) in [5.41, 5.74) is 4.16. The van der Waals surface area contributed by atoms with Crippen molar-refractivity contribution in [3.63, 3.8) is 0 Å². The number of hydrogen-bond donors (Lipinski definition) is 1. The van der Waals surface area contributed by atoms with E-state index in [4.69, 9.17) is 9.53 Å². The van der Waals surface area contributed by atoms with Crippen LogP contribution in [0.2, 0.25) is 0 Å². The van der Waals surface area contributed by atoms with E-state index in [-0.39, 0.29) is 5.82 Å². The van der Waals surface area contributed by atoms with Crippen molar-refractivity contribution in [2.24, 2.45) is 0 Å². The molecular formula is C23H26FNO2. The number of anilines is 1. The lowest BCUT2D eigenvalue weighted by Crippen LogP contribution is -1.98. The molecule has 0 aliphatic carbocycles. The number of nitrogens with one attached hydrogen (secondary N) is 1. The van der Waals surface area contributed by atoms with Crippen LogP contribution >= 0.6 is 0 Å². The second-order valence-electron chi connectivity index (χ2n) is 5.26. The van der Waals surface area contributed by atoms with Crippen LogP contribution in [0.25, 0.3) is 11.1 Å². The largest absolute Gasteiger partial charge is 0.496 e.